The number of unbranched alkanes of at least 4 members (excludes halogenated alkanes) is 14. The van der Waals surface area contributed by atoms with Gasteiger partial charge in [0, 0.05) is 6.42 Å². The first kappa shape index (κ1) is 25.3. The van der Waals surface area contributed by atoms with Crippen LogP contribution in [-0.4, -0.2) is 20.9 Å². The summed E-state index contributed by atoms with van der Waals surface area (Å²) in [5.74, 6) is 0.0556. The van der Waals surface area contributed by atoms with Crippen LogP contribution in [0.15, 0.2) is 36.4 Å². The summed E-state index contributed by atoms with van der Waals surface area (Å²) in [6, 6.07) is 7.63. The highest BCUT2D eigenvalue weighted by molar-refractivity contribution is 5.88. The maximum absolute atomic E-state index is 12.3. The van der Waals surface area contributed by atoms with E-state index < -0.39 is 0 Å². The van der Waals surface area contributed by atoms with Crippen LogP contribution in [-0.2, 0) is 0 Å². The third-order valence-electron chi connectivity index (χ3n) is 5.99. The topological polar surface area (TPSA) is 47.8 Å². The summed E-state index contributed by atoms with van der Waals surface area (Å²) in [5, 5.41) is 8.07. The number of aromatic nitrogens is 3. The second-order valence-corrected chi connectivity index (χ2v) is 8.78. The summed E-state index contributed by atoms with van der Waals surface area (Å²) in [5.41, 5.74) is 1.59. The SMILES string of the molecule is CCCCCC/C=C/CCCCCCCCCCCCC(=O)n1nnc2ccccc21. The van der Waals surface area contributed by atoms with Crippen molar-refractivity contribution in [2.24, 2.45) is 0 Å². The summed E-state index contributed by atoms with van der Waals surface area (Å²) < 4.78 is 1.46. The van der Waals surface area contributed by atoms with Gasteiger partial charge in [0.1, 0.15) is 5.52 Å². The van der Waals surface area contributed by atoms with Crippen molar-refractivity contribution in [3.05, 3.63) is 36.4 Å². The van der Waals surface area contributed by atoms with Crippen LogP contribution in [0.25, 0.3) is 11.0 Å². The molecule has 1 aromatic carbocycles. The number of fused-ring (bicyclic) bond motifs is 1. The quantitative estimate of drug-likeness (QED) is 0.178. The molecule has 0 bridgehead atoms. The fourth-order valence-corrected chi connectivity index (χ4v) is 4.04. The Morgan fingerprint density at radius 1 is 0.774 bits per heavy atom. The molecule has 0 aliphatic carbocycles. The number of carbonyl (C=O) groups is 1. The van der Waals surface area contributed by atoms with Crippen molar-refractivity contribution in [1.29, 1.82) is 0 Å². The summed E-state index contributed by atoms with van der Waals surface area (Å²) in [6.45, 7) is 2.27. The Kier molecular flexibility index (Phi) is 13.6. The molecule has 0 fully saturated rings. The van der Waals surface area contributed by atoms with Crippen LogP contribution in [0.3, 0.4) is 0 Å². The second-order valence-electron chi connectivity index (χ2n) is 8.78. The van der Waals surface area contributed by atoms with Gasteiger partial charge >= 0.3 is 0 Å². The van der Waals surface area contributed by atoms with Crippen LogP contribution in [0, 0.1) is 0 Å². The molecule has 0 amide bonds. The number of carbonyl (C=O) groups excluding carboxylic acids is 1. The Hall–Kier alpha value is -1.97. The molecular weight excluding hydrogens is 382 g/mol. The lowest BCUT2D eigenvalue weighted by atomic mass is 10.0. The maximum Gasteiger partial charge on any atom is 0.248 e. The van der Waals surface area contributed by atoms with Crippen molar-refractivity contribution in [3.8, 4) is 0 Å². The van der Waals surface area contributed by atoms with Crippen molar-refractivity contribution in [2.75, 3.05) is 0 Å². The number of nitrogens with zero attached hydrogens (tertiary/aromatic N) is 3. The number of benzene rings is 1. The molecule has 0 spiro atoms. The lowest BCUT2D eigenvalue weighted by molar-refractivity contribution is 0.0886. The van der Waals surface area contributed by atoms with E-state index in [1.54, 1.807) is 0 Å². The third-order valence-corrected chi connectivity index (χ3v) is 5.99. The Labute approximate surface area is 189 Å². The average molecular weight is 426 g/mol. The minimum absolute atomic E-state index is 0.0556. The first-order chi connectivity index (χ1) is 15.3. The summed E-state index contributed by atoms with van der Waals surface area (Å²) in [7, 11) is 0. The van der Waals surface area contributed by atoms with E-state index in [4.69, 9.17) is 0 Å². The summed E-state index contributed by atoms with van der Waals surface area (Å²) in [4.78, 5) is 12.3. The number of rotatable bonds is 18. The molecule has 0 unspecified atom stereocenters. The van der Waals surface area contributed by atoms with Crippen molar-refractivity contribution in [2.45, 2.75) is 116 Å². The van der Waals surface area contributed by atoms with Crippen LogP contribution < -0.4 is 0 Å². The zero-order chi connectivity index (χ0) is 22.0. The van der Waals surface area contributed by atoms with Crippen molar-refractivity contribution >= 4 is 16.9 Å². The zero-order valence-electron chi connectivity index (χ0n) is 19.7. The lowest BCUT2D eigenvalue weighted by Gasteiger charge is -2.03. The van der Waals surface area contributed by atoms with Gasteiger partial charge in [0.05, 0.1) is 5.52 Å². The van der Waals surface area contributed by atoms with Gasteiger partial charge in [0.25, 0.3) is 0 Å². The molecule has 1 aromatic heterocycles. The summed E-state index contributed by atoms with van der Waals surface area (Å²) in [6.07, 6.45) is 26.1. The van der Waals surface area contributed by atoms with Crippen LogP contribution >= 0.6 is 0 Å². The van der Waals surface area contributed by atoms with Gasteiger partial charge in [-0.05, 0) is 44.2 Å². The van der Waals surface area contributed by atoms with Gasteiger partial charge in [-0.25, -0.2) is 0 Å². The normalized spacial score (nSPS) is 11.6. The van der Waals surface area contributed by atoms with Gasteiger partial charge in [-0.1, -0.05) is 107 Å². The fraction of sp³-hybridized carbons (Fsp3) is 0.667. The van der Waals surface area contributed by atoms with Gasteiger partial charge in [0.2, 0.25) is 5.91 Å². The lowest BCUT2D eigenvalue weighted by Crippen LogP contribution is -2.12. The third kappa shape index (κ3) is 10.8. The van der Waals surface area contributed by atoms with E-state index in [2.05, 4.69) is 29.4 Å². The smallest absolute Gasteiger partial charge is 0.248 e. The minimum Gasteiger partial charge on any atom is -0.273 e. The molecule has 2 aromatic rings. The van der Waals surface area contributed by atoms with Crippen molar-refractivity contribution < 1.29 is 4.79 Å². The van der Waals surface area contributed by atoms with Gasteiger partial charge < -0.3 is 0 Å². The highest BCUT2D eigenvalue weighted by Crippen LogP contribution is 2.14. The van der Waals surface area contributed by atoms with Crippen LogP contribution in [0.1, 0.15) is 121 Å². The van der Waals surface area contributed by atoms with Gasteiger partial charge in [0.15, 0.2) is 0 Å². The zero-order valence-corrected chi connectivity index (χ0v) is 19.7. The predicted octanol–water partition coefficient (Wildman–Crippen LogP) is 8.28. The largest absolute Gasteiger partial charge is 0.273 e. The van der Waals surface area contributed by atoms with Crippen LogP contribution in [0.2, 0.25) is 0 Å². The number of hydrogen-bond acceptors (Lipinski definition) is 3. The molecule has 0 aliphatic rings. The molecule has 172 valence electrons. The molecule has 0 atom stereocenters. The Bertz CT molecular complexity index is 750. The fourth-order valence-electron chi connectivity index (χ4n) is 4.04. The Morgan fingerprint density at radius 2 is 1.32 bits per heavy atom. The molecule has 0 N–H and O–H groups in total. The van der Waals surface area contributed by atoms with Gasteiger partial charge in [-0.3, -0.25) is 4.79 Å². The Balaban J connectivity index is 1.35. The van der Waals surface area contributed by atoms with Gasteiger partial charge in [-0.15, -0.1) is 5.10 Å². The average Bonchev–Trinajstić information content (AvgIpc) is 3.22. The van der Waals surface area contributed by atoms with E-state index in [-0.39, 0.29) is 5.91 Å². The molecule has 2 rings (SSSR count). The Morgan fingerprint density at radius 3 is 1.97 bits per heavy atom. The van der Waals surface area contributed by atoms with Crippen LogP contribution in [0.4, 0.5) is 0 Å². The van der Waals surface area contributed by atoms with E-state index in [1.807, 2.05) is 24.3 Å². The van der Waals surface area contributed by atoms with Crippen LogP contribution in [0.5, 0.6) is 0 Å². The van der Waals surface area contributed by atoms with E-state index in [1.165, 1.54) is 94.6 Å². The molecule has 4 nitrogen and oxygen atoms in total. The molecule has 31 heavy (non-hydrogen) atoms. The molecule has 0 aliphatic heterocycles. The van der Waals surface area contributed by atoms with Crippen molar-refractivity contribution in [3.63, 3.8) is 0 Å². The number of allylic oxidation sites excluding steroid dienone is 2. The summed E-state index contributed by atoms with van der Waals surface area (Å²) >= 11 is 0. The second kappa shape index (κ2) is 16.7. The van der Waals surface area contributed by atoms with Crippen molar-refractivity contribution in [1.82, 2.24) is 15.0 Å². The molecule has 0 radical (unpaired) electrons. The molecule has 0 saturated carbocycles. The van der Waals surface area contributed by atoms with E-state index in [0.717, 1.165) is 23.9 Å². The molecule has 0 saturated heterocycles. The standard InChI is InChI=1S/C27H43N3O/c1-2-3-4-5-6-7-8-9-10-11-12-13-14-15-16-17-18-19-24-27(31)30-26-23-21-20-22-25(26)28-29-30/h7-8,20-23H,2-6,9-19,24H2,1H3/b8-7+. The predicted molar refractivity (Wildman–Crippen MR) is 131 cm³/mol. The van der Waals surface area contributed by atoms with E-state index in [0.29, 0.717) is 6.42 Å². The highest BCUT2D eigenvalue weighted by atomic mass is 16.2. The van der Waals surface area contributed by atoms with E-state index >= 15 is 0 Å². The highest BCUT2D eigenvalue weighted by Gasteiger charge is 2.10. The van der Waals surface area contributed by atoms with E-state index in [9.17, 15) is 4.79 Å². The first-order valence-electron chi connectivity index (χ1n) is 12.8. The minimum atomic E-state index is 0.0556. The first-order valence-corrected chi connectivity index (χ1v) is 12.8. The molecule has 1 heterocycles. The number of para-hydroxylation sites is 1. The molecule has 4 heteroatoms. The van der Waals surface area contributed by atoms with Gasteiger partial charge in [-0.2, -0.15) is 4.68 Å². The number of hydrogen-bond donors (Lipinski definition) is 0. The monoisotopic (exact) mass is 425 g/mol. The molecular formula is C27H43N3O. The maximum atomic E-state index is 12.3.